The number of rotatable bonds is 1. The highest BCUT2D eigenvalue weighted by atomic mass is 19.1. The largest absolute Gasteiger partial charge is 0.443 e. The normalized spacial score (nSPS) is 19.0. The lowest BCUT2D eigenvalue weighted by Crippen LogP contribution is -2.37. The number of halogens is 2. The predicted octanol–water partition coefficient (Wildman–Crippen LogP) is 3.22. The Balaban J connectivity index is 2.14. The van der Waals surface area contributed by atoms with Crippen molar-refractivity contribution in [1.82, 2.24) is 4.90 Å². The van der Waals surface area contributed by atoms with Crippen molar-refractivity contribution in [2.45, 2.75) is 38.7 Å². The molecule has 0 radical (unpaired) electrons. The van der Waals surface area contributed by atoms with E-state index in [1.165, 1.54) is 6.07 Å². The van der Waals surface area contributed by atoms with Gasteiger partial charge in [-0.05, 0) is 32.4 Å². The highest BCUT2D eigenvalue weighted by molar-refractivity contribution is 5.94. The topological polar surface area (TPSA) is 46.6 Å². The quantitative estimate of drug-likeness (QED) is 0.799. The molecule has 0 N–H and O–H groups in total. The SMILES string of the molecule is CC(C)(C)OC(=O)N1CC(c2ccc(F)cc2F)CC1=O. The van der Waals surface area contributed by atoms with Gasteiger partial charge in [-0.1, -0.05) is 6.07 Å². The van der Waals surface area contributed by atoms with Crippen LogP contribution in [0.15, 0.2) is 18.2 Å². The lowest BCUT2D eigenvalue weighted by atomic mass is 9.98. The number of nitrogens with zero attached hydrogens (tertiary/aromatic N) is 1. The van der Waals surface area contributed by atoms with E-state index in [1.807, 2.05) is 0 Å². The molecule has 1 heterocycles. The zero-order valence-corrected chi connectivity index (χ0v) is 12.2. The van der Waals surface area contributed by atoms with Crippen LogP contribution in [0.4, 0.5) is 13.6 Å². The number of likely N-dealkylation sites (tertiary alicyclic amines) is 1. The Morgan fingerprint density at radius 3 is 2.57 bits per heavy atom. The van der Waals surface area contributed by atoms with Gasteiger partial charge in [0.1, 0.15) is 17.2 Å². The number of carbonyl (C=O) groups is 2. The number of ether oxygens (including phenoxy) is 1. The Bertz CT molecular complexity index is 581. The zero-order valence-electron chi connectivity index (χ0n) is 12.2. The van der Waals surface area contributed by atoms with Crippen LogP contribution in [0.5, 0.6) is 0 Å². The molecule has 2 amide bonds. The molecule has 21 heavy (non-hydrogen) atoms. The fraction of sp³-hybridized carbons (Fsp3) is 0.467. The van der Waals surface area contributed by atoms with Crippen molar-refractivity contribution >= 4 is 12.0 Å². The van der Waals surface area contributed by atoms with Crippen LogP contribution < -0.4 is 0 Å². The Morgan fingerprint density at radius 2 is 2.00 bits per heavy atom. The van der Waals surface area contributed by atoms with Gasteiger partial charge in [-0.3, -0.25) is 4.79 Å². The molecular formula is C15H17F2NO3. The highest BCUT2D eigenvalue weighted by Gasteiger charge is 2.38. The van der Waals surface area contributed by atoms with E-state index in [9.17, 15) is 18.4 Å². The Morgan fingerprint density at radius 1 is 1.33 bits per heavy atom. The summed E-state index contributed by atoms with van der Waals surface area (Å²) in [6, 6.07) is 3.22. The summed E-state index contributed by atoms with van der Waals surface area (Å²) in [4.78, 5) is 24.8. The molecule has 1 aromatic rings. The molecule has 1 unspecified atom stereocenters. The van der Waals surface area contributed by atoms with E-state index in [4.69, 9.17) is 4.74 Å². The van der Waals surface area contributed by atoms with Crippen LogP contribution in [0, 0.1) is 11.6 Å². The molecule has 0 aromatic heterocycles. The number of hydrogen-bond acceptors (Lipinski definition) is 3. The van der Waals surface area contributed by atoms with Gasteiger partial charge >= 0.3 is 6.09 Å². The van der Waals surface area contributed by atoms with Crippen LogP contribution in [0.25, 0.3) is 0 Å². The van der Waals surface area contributed by atoms with E-state index >= 15 is 0 Å². The summed E-state index contributed by atoms with van der Waals surface area (Å²) < 4.78 is 31.8. The summed E-state index contributed by atoms with van der Waals surface area (Å²) in [5.41, 5.74) is -0.480. The predicted molar refractivity (Wildman–Crippen MR) is 71.7 cm³/mol. The van der Waals surface area contributed by atoms with Crippen molar-refractivity contribution < 1.29 is 23.1 Å². The monoisotopic (exact) mass is 297 g/mol. The summed E-state index contributed by atoms with van der Waals surface area (Å²) in [7, 11) is 0. The van der Waals surface area contributed by atoms with Crippen molar-refractivity contribution in [1.29, 1.82) is 0 Å². The second-order valence-electron chi connectivity index (χ2n) is 6.05. The summed E-state index contributed by atoms with van der Waals surface area (Å²) in [5.74, 6) is -2.29. The third kappa shape index (κ3) is 3.56. The van der Waals surface area contributed by atoms with Crippen LogP contribution in [0.3, 0.4) is 0 Å². The summed E-state index contributed by atoms with van der Waals surface area (Å²) in [6.07, 6.45) is -0.737. The smallest absolute Gasteiger partial charge is 0.417 e. The first-order valence-corrected chi connectivity index (χ1v) is 6.65. The van der Waals surface area contributed by atoms with Crippen molar-refractivity contribution in [3.05, 3.63) is 35.4 Å². The van der Waals surface area contributed by atoms with Gasteiger partial charge in [0.2, 0.25) is 5.91 Å². The van der Waals surface area contributed by atoms with Gasteiger partial charge in [-0.2, -0.15) is 0 Å². The third-order valence-corrected chi connectivity index (χ3v) is 3.14. The Hall–Kier alpha value is -1.98. The maximum Gasteiger partial charge on any atom is 0.417 e. The molecule has 0 spiro atoms. The van der Waals surface area contributed by atoms with Crippen molar-refractivity contribution in [2.24, 2.45) is 0 Å². The fourth-order valence-corrected chi connectivity index (χ4v) is 2.24. The minimum Gasteiger partial charge on any atom is -0.443 e. The van der Waals surface area contributed by atoms with E-state index < -0.39 is 35.2 Å². The maximum atomic E-state index is 13.7. The molecule has 1 saturated heterocycles. The molecule has 1 aliphatic rings. The standard InChI is InChI=1S/C15H17F2NO3/c1-15(2,3)21-14(20)18-8-9(6-13(18)19)11-5-4-10(16)7-12(11)17/h4-5,7,9H,6,8H2,1-3H3. The fourth-order valence-electron chi connectivity index (χ4n) is 2.24. The lowest BCUT2D eigenvalue weighted by Gasteiger charge is -2.23. The average Bonchev–Trinajstić information content (AvgIpc) is 2.68. The molecule has 0 bridgehead atoms. The van der Waals surface area contributed by atoms with E-state index in [2.05, 4.69) is 0 Å². The first-order valence-electron chi connectivity index (χ1n) is 6.65. The lowest BCUT2D eigenvalue weighted by molar-refractivity contribution is -0.126. The van der Waals surface area contributed by atoms with Crippen LogP contribution in [0.1, 0.15) is 38.7 Å². The molecule has 6 heteroatoms. The average molecular weight is 297 g/mol. The van der Waals surface area contributed by atoms with E-state index in [0.29, 0.717) is 0 Å². The highest BCUT2D eigenvalue weighted by Crippen LogP contribution is 2.31. The molecule has 1 aromatic carbocycles. The summed E-state index contributed by atoms with van der Waals surface area (Å²) >= 11 is 0. The van der Waals surface area contributed by atoms with Gasteiger partial charge in [0, 0.05) is 24.9 Å². The summed E-state index contributed by atoms with van der Waals surface area (Å²) in [6.45, 7) is 5.13. The van der Waals surface area contributed by atoms with E-state index in [1.54, 1.807) is 20.8 Å². The molecular weight excluding hydrogens is 280 g/mol. The van der Waals surface area contributed by atoms with Gasteiger partial charge in [0.15, 0.2) is 0 Å². The number of benzene rings is 1. The minimum atomic E-state index is -0.738. The van der Waals surface area contributed by atoms with Crippen LogP contribution in [-0.4, -0.2) is 29.0 Å². The zero-order chi connectivity index (χ0) is 15.8. The molecule has 114 valence electrons. The van der Waals surface area contributed by atoms with Crippen LogP contribution >= 0.6 is 0 Å². The molecule has 4 nitrogen and oxygen atoms in total. The van der Waals surface area contributed by atoms with Gasteiger partial charge in [-0.15, -0.1) is 0 Å². The number of amides is 2. The van der Waals surface area contributed by atoms with Crippen LogP contribution in [-0.2, 0) is 9.53 Å². The van der Waals surface area contributed by atoms with E-state index in [0.717, 1.165) is 17.0 Å². The second kappa shape index (κ2) is 5.42. The molecule has 1 atom stereocenters. The number of carbonyl (C=O) groups excluding carboxylic acids is 2. The minimum absolute atomic E-state index is 0.00178. The third-order valence-electron chi connectivity index (χ3n) is 3.14. The molecule has 0 saturated carbocycles. The number of hydrogen-bond donors (Lipinski definition) is 0. The first kappa shape index (κ1) is 15.4. The van der Waals surface area contributed by atoms with Crippen LogP contribution in [0.2, 0.25) is 0 Å². The molecule has 0 aliphatic carbocycles. The van der Waals surface area contributed by atoms with Gasteiger partial charge in [-0.25, -0.2) is 18.5 Å². The van der Waals surface area contributed by atoms with Crippen molar-refractivity contribution in [3.63, 3.8) is 0 Å². The van der Waals surface area contributed by atoms with Gasteiger partial charge in [0.25, 0.3) is 0 Å². The maximum absolute atomic E-state index is 13.7. The molecule has 1 aliphatic heterocycles. The summed E-state index contributed by atoms with van der Waals surface area (Å²) in [5, 5.41) is 0. The van der Waals surface area contributed by atoms with Gasteiger partial charge in [0.05, 0.1) is 0 Å². The molecule has 2 rings (SSSR count). The first-order chi connectivity index (χ1) is 9.67. The number of imide groups is 1. The Labute approximate surface area is 121 Å². The van der Waals surface area contributed by atoms with Crippen molar-refractivity contribution in [3.8, 4) is 0 Å². The van der Waals surface area contributed by atoms with Gasteiger partial charge < -0.3 is 4.74 Å². The Kier molecular flexibility index (Phi) is 3.98. The van der Waals surface area contributed by atoms with Crippen molar-refractivity contribution in [2.75, 3.05) is 6.54 Å². The molecule has 1 fully saturated rings. The second-order valence-corrected chi connectivity index (χ2v) is 6.05. The van der Waals surface area contributed by atoms with E-state index in [-0.39, 0.29) is 18.5 Å².